The molecule has 0 atom stereocenters. The zero-order valence-corrected chi connectivity index (χ0v) is 12.1. The van der Waals surface area contributed by atoms with Crippen LogP contribution in [0.2, 0.25) is 0 Å². The smallest absolute Gasteiger partial charge is 0.131 e. The first kappa shape index (κ1) is 14.3. The summed E-state index contributed by atoms with van der Waals surface area (Å²) in [4.78, 5) is 0. The molecule has 0 aromatic heterocycles. The van der Waals surface area contributed by atoms with Crippen molar-refractivity contribution in [1.29, 1.82) is 0 Å². The van der Waals surface area contributed by atoms with E-state index in [1.165, 1.54) is 0 Å². The van der Waals surface area contributed by atoms with E-state index in [0.717, 1.165) is 16.9 Å². The van der Waals surface area contributed by atoms with E-state index in [0.29, 0.717) is 5.56 Å². The van der Waals surface area contributed by atoms with E-state index in [-0.39, 0.29) is 11.7 Å². The Labute approximate surface area is 119 Å². The van der Waals surface area contributed by atoms with E-state index in [1.807, 2.05) is 42.5 Å². The van der Waals surface area contributed by atoms with Crippen LogP contribution in [0.25, 0.3) is 11.9 Å². The minimum atomic E-state index is -0.235. The Morgan fingerprint density at radius 3 is 2.40 bits per heavy atom. The largest absolute Gasteiger partial charge is 0.496 e. The highest BCUT2D eigenvalue weighted by Gasteiger charge is 2.10. The Kier molecular flexibility index (Phi) is 4.57. The molecule has 0 saturated carbocycles. The molecule has 0 heterocycles. The monoisotopic (exact) mass is 270 g/mol. The van der Waals surface area contributed by atoms with Gasteiger partial charge in [-0.3, -0.25) is 0 Å². The molecule has 2 aromatic rings. The fourth-order valence-electron chi connectivity index (χ4n) is 2.11. The molecule has 0 aliphatic rings. The molecule has 0 aliphatic heterocycles. The van der Waals surface area contributed by atoms with Crippen LogP contribution in [0.1, 0.15) is 36.5 Å². The third-order valence-electron chi connectivity index (χ3n) is 3.22. The number of hydrogen-bond donors (Lipinski definition) is 0. The van der Waals surface area contributed by atoms with Crippen LogP contribution in [0.5, 0.6) is 5.75 Å². The molecule has 2 heteroatoms. The molecule has 20 heavy (non-hydrogen) atoms. The summed E-state index contributed by atoms with van der Waals surface area (Å²) in [6.45, 7) is 4.14. The lowest BCUT2D eigenvalue weighted by atomic mass is 9.98. The molecule has 104 valence electrons. The first-order valence-electron chi connectivity index (χ1n) is 6.72. The minimum absolute atomic E-state index is 0.235. The molecule has 1 nitrogen and oxygen atoms in total. The second-order valence-corrected chi connectivity index (χ2v) is 5.01. The van der Waals surface area contributed by atoms with Crippen LogP contribution in [-0.4, -0.2) is 7.11 Å². The van der Waals surface area contributed by atoms with Crippen molar-refractivity contribution >= 4 is 11.9 Å². The molecule has 0 aliphatic carbocycles. The molecule has 2 rings (SSSR count). The van der Waals surface area contributed by atoms with Crippen molar-refractivity contribution in [2.75, 3.05) is 7.11 Å². The Bertz CT molecular complexity index is 600. The van der Waals surface area contributed by atoms with E-state index >= 15 is 0 Å². The lowest BCUT2D eigenvalue weighted by Crippen LogP contribution is -1.95. The van der Waals surface area contributed by atoms with Crippen LogP contribution in [0, 0.1) is 0 Å². The van der Waals surface area contributed by atoms with Gasteiger partial charge in [0.2, 0.25) is 0 Å². The first-order chi connectivity index (χ1) is 9.61. The molecule has 0 saturated heterocycles. The zero-order valence-electron chi connectivity index (χ0n) is 12.1. The van der Waals surface area contributed by atoms with Crippen molar-refractivity contribution in [3.05, 3.63) is 65.2 Å². The molecule has 0 bridgehead atoms. The molecule has 0 unspecified atom stereocenters. The van der Waals surface area contributed by atoms with Gasteiger partial charge in [-0.05, 0) is 41.3 Å². The minimum Gasteiger partial charge on any atom is -0.496 e. The molecular formula is C18H19FO. The summed E-state index contributed by atoms with van der Waals surface area (Å²) in [5.74, 6) is 0.853. The van der Waals surface area contributed by atoms with E-state index in [9.17, 15) is 4.39 Å². The van der Waals surface area contributed by atoms with Crippen LogP contribution in [0.4, 0.5) is 4.39 Å². The Morgan fingerprint density at radius 1 is 1.10 bits per heavy atom. The summed E-state index contributed by atoms with van der Waals surface area (Å²) in [6.07, 6.45) is 1.55. The molecule has 0 spiro atoms. The highest BCUT2D eigenvalue weighted by atomic mass is 19.1. The maximum absolute atomic E-state index is 14.3. The van der Waals surface area contributed by atoms with Gasteiger partial charge in [-0.1, -0.05) is 44.2 Å². The fourth-order valence-corrected chi connectivity index (χ4v) is 2.11. The quantitative estimate of drug-likeness (QED) is 0.686. The van der Waals surface area contributed by atoms with Gasteiger partial charge < -0.3 is 4.74 Å². The summed E-state index contributed by atoms with van der Waals surface area (Å²) >= 11 is 0. The van der Waals surface area contributed by atoms with Crippen molar-refractivity contribution in [3.63, 3.8) is 0 Å². The van der Waals surface area contributed by atoms with Crippen LogP contribution in [0.15, 0.2) is 48.5 Å². The molecule has 0 radical (unpaired) electrons. The standard InChI is InChI=1S/C18H19FO/c1-13(2)16-12-15(9-10-18(16)20-3)17(19)11-14-7-5-4-6-8-14/h4-13H,1-3H3/b17-11+. The normalized spacial score (nSPS) is 11.8. The van der Waals surface area contributed by atoms with E-state index in [2.05, 4.69) is 13.8 Å². The third kappa shape index (κ3) is 3.27. The Morgan fingerprint density at radius 2 is 1.80 bits per heavy atom. The summed E-state index contributed by atoms with van der Waals surface area (Å²) in [5, 5.41) is 0. The maximum Gasteiger partial charge on any atom is 0.131 e. The van der Waals surface area contributed by atoms with Gasteiger partial charge in [-0.25, -0.2) is 4.39 Å². The molecule has 2 aromatic carbocycles. The van der Waals surface area contributed by atoms with Crippen molar-refractivity contribution < 1.29 is 9.13 Å². The topological polar surface area (TPSA) is 9.23 Å². The molecular weight excluding hydrogens is 251 g/mol. The number of benzene rings is 2. The SMILES string of the molecule is COc1ccc(/C(F)=C\c2ccccc2)cc1C(C)C. The average molecular weight is 270 g/mol. The van der Waals surface area contributed by atoms with E-state index in [4.69, 9.17) is 4.74 Å². The van der Waals surface area contributed by atoms with Crippen molar-refractivity contribution in [1.82, 2.24) is 0 Å². The average Bonchev–Trinajstić information content (AvgIpc) is 2.47. The van der Waals surface area contributed by atoms with Gasteiger partial charge in [0.15, 0.2) is 0 Å². The van der Waals surface area contributed by atoms with Gasteiger partial charge in [0.05, 0.1) is 7.11 Å². The Hall–Kier alpha value is -2.09. The number of rotatable bonds is 4. The predicted octanol–water partition coefficient (Wildman–Crippen LogP) is 5.29. The number of ether oxygens (including phenoxy) is 1. The van der Waals surface area contributed by atoms with Gasteiger partial charge in [0.1, 0.15) is 11.6 Å². The predicted molar refractivity (Wildman–Crippen MR) is 82.5 cm³/mol. The van der Waals surface area contributed by atoms with E-state index in [1.54, 1.807) is 19.3 Å². The summed E-state index contributed by atoms with van der Waals surface area (Å²) < 4.78 is 19.6. The van der Waals surface area contributed by atoms with Crippen molar-refractivity contribution in [2.24, 2.45) is 0 Å². The molecule has 0 fully saturated rings. The van der Waals surface area contributed by atoms with E-state index < -0.39 is 0 Å². The van der Waals surface area contributed by atoms with Crippen LogP contribution >= 0.6 is 0 Å². The van der Waals surface area contributed by atoms with Gasteiger partial charge in [0, 0.05) is 5.56 Å². The third-order valence-corrected chi connectivity index (χ3v) is 3.22. The van der Waals surface area contributed by atoms with Crippen LogP contribution in [-0.2, 0) is 0 Å². The van der Waals surface area contributed by atoms with Gasteiger partial charge in [0.25, 0.3) is 0 Å². The summed E-state index contributed by atoms with van der Waals surface area (Å²) in [6, 6.07) is 14.9. The molecule has 0 amide bonds. The highest BCUT2D eigenvalue weighted by Crippen LogP contribution is 2.30. The Balaban J connectivity index is 2.38. The number of methoxy groups -OCH3 is 1. The maximum atomic E-state index is 14.3. The van der Waals surface area contributed by atoms with Gasteiger partial charge in [-0.15, -0.1) is 0 Å². The fraction of sp³-hybridized carbons (Fsp3) is 0.222. The van der Waals surface area contributed by atoms with Gasteiger partial charge in [-0.2, -0.15) is 0 Å². The van der Waals surface area contributed by atoms with Gasteiger partial charge >= 0.3 is 0 Å². The van der Waals surface area contributed by atoms with Crippen LogP contribution in [0.3, 0.4) is 0 Å². The van der Waals surface area contributed by atoms with Crippen molar-refractivity contribution in [2.45, 2.75) is 19.8 Å². The number of halogens is 1. The highest BCUT2D eigenvalue weighted by molar-refractivity contribution is 5.77. The second kappa shape index (κ2) is 6.38. The molecule has 0 N–H and O–H groups in total. The lowest BCUT2D eigenvalue weighted by molar-refractivity contribution is 0.407. The van der Waals surface area contributed by atoms with Crippen LogP contribution < -0.4 is 4.74 Å². The first-order valence-corrected chi connectivity index (χ1v) is 6.72. The van der Waals surface area contributed by atoms with Crippen molar-refractivity contribution in [3.8, 4) is 5.75 Å². The summed E-state index contributed by atoms with van der Waals surface area (Å²) in [5.41, 5.74) is 2.45. The lowest BCUT2D eigenvalue weighted by Gasteiger charge is -2.13. The zero-order chi connectivity index (χ0) is 14.5. The number of hydrogen-bond acceptors (Lipinski definition) is 1. The second-order valence-electron chi connectivity index (χ2n) is 5.01. The summed E-state index contributed by atoms with van der Waals surface area (Å²) in [7, 11) is 1.64.